The zero-order valence-corrected chi connectivity index (χ0v) is 23.1. The molecule has 0 amide bonds. The van der Waals surface area contributed by atoms with Crippen LogP contribution in [0.25, 0.3) is 20.2 Å². The summed E-state index contributed by atoms with van der Waals surface area (Å²) in [7, 11) is 0. The monoisotopic (exact) mass is 570 g/mol. The number of nitrogens with zero attached hydrogens (tertiary/aromatic N) is 2. The van der Waals surface area contributed by atoms with E-state index in [0.29, 0.717) is 36.3 Å². The number of ketones is 2. The van der Waals surface area contributed by atoms with Crippen LogP contribution in [0.3, 0.4) is 0 Å². The summed E-state index contributed by atoms with van der Waals surface area (Å²) in [4.78, 5) is 60.0. The highest BCUT2D eigenvalue weighted by Gasteiger charge is 2.27. The van der Waals surface area contributed by atoms with Crippen LogP contribution in [0.1, 0.15) is 82.3 Å². The molecule has 208 valence electrons. The molecule has 2 aliphatic carbocycles. The van der Waals surface area contributed by atoms with Gasteiger partial charge in [0, 0.05) is 44.6 Å². The summed E-state index contributed by atoms with van der Waals surface area (Å²) in [6, 6.07) is 12.4. The van der Waals surface area contributed by atoms with E-state index in [-0.39, 0.29) is 28.8 Å². The lowest BCUT2D eigenvalue weighted by atomic mass is 9.88. The second-order valence-corrected chi connectivity index (χ2v) is 11.4. The molecular formula is C31H26N2O7S. The molecule has 1 saturated carbocycles. The number of aryl methyl sites for hydroxylation is 1. The molecule has 0 atom stereocenters. The van der Waals surface area contributed by atoms with Gasteiger partial charge >= 0.3 is 11.9 Å². The molecule has 10 heteroatoms. The van der Waals surface area contributed by atoms with Crippen molar-refractivity contribution in [3.8, 4) is 0 Å². The van der Waals surface area contributed by atoms with Crippen molar-refractivity contribution in [2.75, 3.05) is 0 Å². The predicted octanol–water partition coefficient (Wildman–Crippen LogP) is 6.67. The Bertz CT molecular complexity index is 1760. The van der Waals surface area contributed by atoms with Crippen molar-refractivity contribution in [1.29, 1.82) is 0 Å². The maximum atomic E-state index is 13.5. The van der Waals surface area contributed by atoms with Gasteiger partial charge in [-0.15, -0.1) is 11.3 Å². The maximum absolute atomic E-state index is 13.5. The van der Waals surface area contributed by atoms with Crippen LogP contribution in [0.5, 0.6) is 0 Å². The third-order valence-electron chi connectivity index (χ3n) is 7.56. The second-order valence-electron chi connectivity index (χ2n) is 10.3. The zero-order chi connectivity index (χ0) is 28.5. The molecule has 0 aliphatic heterocycles. The Labute approximate surface area is 238 Å². The fourth-order valence-electron chi connectivity index (χ4n) is 5.52. The number of benzene rings is 2. The number of oxime groups is 2. The normalized spacial score (nSPS) is 16.9. The van der Waals surface area contributed by atoms with Crippen molar-refractivity contribution in [1.82, 2.24) is 0 Å². The molecule has 0 N–H and O–H groups in total. The number of furan rings is 1. The molecule has 0 bridgehead atoms. The summed E-state index contributed by atoms with van der Waals surface area (Å²) in [6.07, 6.45) is 7.02. The summed E-state index contributed by atoms with van der Waals surface area (Å²) in [5.41, 5.74) is 2.30. The average molecular weight is 571 g/mol. The molecule has 6 rings (SSSR count). The Morgan fingerprint density at radius 2 is 1.80 bits per heavy atom. The third-order valence-corrected chi connectivity index (χ3v) is 8.69. The highest BCUT2D eigenvalue weighted by molar-refractivity contribution is 7.25. The maximum Gasteiger partial charge on any atom is 0.400 e. The van der Waals surface area contributed by atoms with Gasteiger partial charge in [0.05, 0.1) is 6.26 Å². The Morgan fingerprint density at radius 1 is 1.00 bits per heavy atom. The van der Waals surface area contributed by atoms with Crippen LogP contribution in [-0.4, -0.2) is 34.9 Å². The van der Waals surface area contributed by atoms with Crippen LogP contribution in [-0.2, 0) is 20.9 Å². The summed E-state index contributed by atoms with van der Waals surface area (Å²) < 4.78 is 6.88. The van der Waals surface area contributed by atoms with Gasteiger partial charge in [0.15, 0.2) is 0 Å². The second kappa shape index (κ2) is 11.2. The predicted molar refractivity (Wildman–Crippen MR) is 154 cm³/mol. The van der Waals surface area contributed by atoms with Crippen molar-refractivity contribution in [2.24, 2.45) is 16.2 Å². The van der Waals surface area contributed by atoms with Gasteiger partial charge in [-0.05, 0) is 66.8 Å². The summed E-state index contributed by atoms with van der Waals surface area (Å²) >= 11 is 1.52. The molecule has 41 heavy (non-hydrogen) atoms. The molecule has 2 aliphatic rings. The SMILES string of the molecule is CC(=O)O/N=C(\CC1CCCC1)C(=O)c1ccc2sc3cc4c(cc3c2c1)CC/C(=N/OC(=O)c1ccco1)C4=O. The topological polar surface area (TPSA) is 125 Å². The number of rotatable bonds is 7. The van der Waals surface area contributed by atoms with Crippen LogP contribution in [0.2, 0.25) is 0 Å². The fraction of sp³-hybridized carbons (Fsp3) is 0.290. The van der Waals surface area contributed by atoms with Crippen LogP contribution < -0.4 is 0 Å². The van der Waals surface area contributed by atoms with E-state index in [1.165, 1.54) is 30.6 Å². The Kier molecular flexibility index (Phi) is 7.32. The zero-order valence-electron chi connectivity index (χ0n) is 22.3. The highest BCUT2D eigenvalue weighted by atomic mass is 32.1. The Hall–Kier alpha value is -4.44. The molecule has 0 spiro atoms. The summed E-state index contributed by atoms with van der Waals surface area (Å²) in [6.45, 7) is 1.26. The minimum Gasteiger partial charge on any atom is -0.457 e. The number of carbonyl (C=O) groups is 4. The van der Waals surface area contributed by atoms with Crippen molar-refractivity contribution in [2.45, 2.75) is 51.9 Å². The lowest BCUT2D eigenvalue weighted by Gasteiger charge is -2.16. The molecule has 0 saturated heterocycles. The molecule has 2 aromatic heterocycles. The largest absolute Gasteiger partial charge is 0.457 e. The van der Waals surface area contributed by atoms with E-state index in [4.69, 9.17) is 14.1 Å². The molecule has 0 radical (unpaired) electrons. The standard InChI is InChI=1S/C31H26N2O7S/c1-17(34)39-33-25(13-18-5-2-3-6-18)29(35)20-9-11-27-22(15-20)23-14-19-8-10-24(30(36)21(19)16-28(23)41-27)32-40-31(37)26-7-4-12-38-26/h4,7,9,11-12,14-16,18H,2-3,5-6,8,10,13H2,1H3/b32-24-,33-25+. The quantitative estimate of drug-likeness (QED) is 0.105. The molecule has 0 unspecified atom stereocenters. The third kappa shape index (κ3) is 5.47. The molecule has 4 aromatic rings. The van der Waals surface area contributed by atoms with E-state index in [2.05, 4.69) is 10.3 Å². The van der Waals surface area contributed by atoms with Crippen LogP contribution in [0.15, 0.2) is 63.5 Å². The van der Waals surface area contributed by atoms with Gasteiger partial charge in [-0.25, -0.2) is 9.59 Å². The van der Waals surface area contributed by atoms with E-state index in [9.17, 15) is 19.2 Å². The van der Waals surface area contributed by atoms with Gasteiger partial charge in [0.25, 0.3) is 0 Å². The first-order valence-corrected chi connectivity index (χ1v) is 14.3. The van der Waals surface area contributed by atoms with Gasteiger partial charge < -0.3 is 14.1 Å². The number of carbonyl (C=O) groups excluding carboxylic acids is 4. The first-order valence-electron chi connectivity index (χ1n) is 13.5. The number of hydrogen-bond acceptors (Lipinski definition) is 10. The molecule has 2 aromatic carbocycles. The van der Waals surface area contributed by atoms with Gasteiger partial charge in [-0.1, -0.05) is 36.0 Å². The van der Waals surface area contributed by atoms with Gasteiger partial charge in [-0.2, -0.15) is 0 Å². The Morgan fingerprint density at radius 3 is 2.56 bits per heavy atom. The van der Waals surface area contributed by atoms with Crippen molar-refractivity contribution < 1.29 is 33.3 Å². The number of Topliss-reactive ketones (excluding diaryl/α,β-unsaturated/α-hetero) is 2. The fourth-order valence-corrected chi connectivity index (χ4v) is 6.63. The van der Waals surface area contributed by atoms with Gasteiger partial charge in [0.2, 0.25) is 17.3 Å². The molecule has 1 fully saturated rings. The molecular weight excluding hydrogens is 544 g/mol. The van der Waals surface area contributed by atoms with E-state index in [1.54, 1.807) is 12.1 Å². The number of hydrogen-bond donors (Lipinski definition) is 0. The minimum atomic E-state index is -0.768. The smallest absolute Gasteiger partial charge is 0.400 e. The highest BCUT2D eigenvalue weighted by Crippen LogP contribution is 2.38. The van der Waals surface area contributed by atoms with Crippen LogP contribution in [0.4, 0.5) is 0 Å². The summed E-state index contributed by atoms with van der Waals surface area (Å²) in [5, 5.41) is 9.63. The number of thiophene rings is 1. The lowest BCUT2D eigenvalue weighted by Crippen LogP contribution is -2.23. The van der Waals surface area contributed by atoms with Crippen molar-refractivity contribution >= 4 is 66.4 Å². The van der Waals surface area contributed by atoms with E-state index in [1.807, 2.05) is 24.3 Å². The van der Waals surface area contributed by atoms with Crippen LogP contribution >= 0.6 is 11.3 Å². The van der Waals surface area contributed by atoms with Gasteiger partial charge in [-0.3, -0.25) is 9.59 Å². The summed E-state index contributed by atoms with van der Waals surface area (Å²) in [5.74, 6) is -1.51. The van der Waals surface area contributed by atoms with E-state index in [0.717, 1.165) is 51.4 Å². The lowest BCUT2D eigenvalue weighted by molar-refractivity contribution is -0.140. The van der Waals surface area contributed by atoms with E-state index < -0.39 is 11.9 Å². The van der Waals surface area contributed by atoms with Crippen molar-refractivity contribution in [3.63, 3.8) is 0 Å². The minimum absolute atomic E-state index is 0.00570. The number of fused-ring (bicyclic) bond motifs is 4. The van der Waals surface area contributed by atoms with E-state index >= 15 is 0 Å². The molecule has 2 heterocycles. The average Bonchev–Trinajstić information content (AvgIpc) is 3.75. The Balaban J connectivity index is 1.29. The van der Waals surface area contributed by atoms with Crippen molar-refractivity contribution in [3.05, 3.63) is 71.2 Å². The van der Waals surface area contributed by atoms with Gasteiger partial charge in [0.1, 0.15) is 11.4 Å². The first-order chi connectivity index (χ1) is 19.9. The molecule has 9 nitrogen and oxygen atoms in total. The van der Waals surface area contributed by atoms with Crippen LogP contribution in [0, 0.1) is 5.92 Å². The first kappa shape index (κ1) is 26.8.